The summed E-state index contributed by atoms with van der Waals surface area (Å²) in [6.07, 6.45) is 1.79. The van der Waals surface area contributed by atoms with Crippen LogP contribution in [0, 0.1) is 0 Å². The van der Waals surface area contributed by atoms with Crippen molar-refractivity contribution >= 4 is 40.0 Å². The summed E-state index contributed by atoms with van der Waals surface area (Å²) in [5.41, 5.74) is 1.34. The number of thiocarbonyl (C=S) groups is 1. The van der Waals surface area contributed by atoms with Crippen molar-refractivity contribution in [1.29, 1.82) is 0 Å². The first-order chi connectivity index (χ1) is 8.58. The number of rotatable bonds is 2. The van der Waals surface area contributed by atoms with Crippen LogP contribution in [-0.2, 0) is 9.53 Å². The van der Waals surface area contributed by atoms with E-state index in [2.05, 4.69) is 0 Å². The highest BCUT2D eigenvalue weighted by molar-refractivity contribution is 8.23. The molecule has 1 aliphatic rings. The van der Waals surface area contributed by atoms with Crippen LogP contribution in [0.25, 0.3) is 0 Å². The fourth-order valence-electron chi connectivity index (χ4n) is 1.50. The van der Waals surface area contributed by atoms with Crippen molar-refractivity contribution in [3.05, 3.63) is 42.0 Å². The van der Waals surface area contributed by atoms with Gasteiger partial charge >= 0.3 is 5.97 Å². The second-order valence-corrected chi connectivity index (χ2v) is 5.63. The van der Waals surface area contributed by atoms with Crippen LogP contribution in [-0.4, -0.2) is 22.8 Å². The van der Waals surface area contributed by atoms with Gasteiger partial charge in [0.05, 0.1) is 0 Å². The van der Waals surface area contributed by atoms with Crippen molar-refractivity contribution in [2.45, 2.75) is 12.4 Å². The molecule has 1 aromatic rings. The monoisotopic (exact) mass is 279 g/mol. The number of ether oxygens (including phenoxy) is 1. The summed E-state index contributed by atoms with van der Waals surface area (Å²) in [5.74, 6) is -0.266. The van der Waals surface area contributed by atoms with Crippen molar-refractivity contribution in [1.82, 2.24) is 0 Å². The summed E-state index contributed by atoms with van der Waals surface area (Å²) in [4.78, 5) is 13.1. The summed E-state index contributed by atoms with van der Waals surface area (Å²) < 4.78 is 5.82. The molecule has 0 bridgehead atoms. The van der Waals surface area contributed by atoms with Crippen LogP contribution in [0.3, 0.4) is 0 Å². The van der Waals surface area contributed by atoms with Crippen LogP contribution in [0.2, 0.25) is 0 Å². The summed E-state index contributed by atoms with van der Waals surface area (Å²) >= 11 is 6.70. The van der Waals surface area contributed by atoms with Crippen molar-refractivity contribution in [3.8, 4) is 0 Å². The summed E-state index contributed by atoms with van der Waals surface area (Å²) in [7, 11) is 1.90. The van der Waals surface area contributed by atoms with E-state index in [9.17, 15) is 4.79 Å². The Morgan fingerprint density at radius 3 is 2.61 bits per heavy atom. The molecular weight excluding hydrogens is 266 g/mol. The molecule has 0 saturated heterocycles. The molecule has 1 aliphatic heterocycles. The van der Waals surface area contributed by atoms with Crippen molar-refractivity contribution in [2.24, 2.45) is 0 Å². The fourth-order valence-corrected chi connectivity index (χ4v) is 2.76. The number of para-hydroxylation sites is 1. The van der Waals surface area contributed by atoms with Crippen molar-refractivity contribution < 1.29 is 9.53 Å². The van der Waals surface area contributed by atoms with Crippen LogP contribution in [0.4, 0.5) is 5.69 Å². The largest absolute Gasteiger partial charge is 0.443 e. The molecule has 0 aliphatic carbocycles. The number of carbonyl (C=O) groups excluding carboxylic acids is 1. The molecule has 0 amide bonds. The number of esters is 1. The minimum atomic E-state index is -0.309. The Hall–Kier alpha value is -1.33. The first-order valence-electron chi connectivity index (χ1n) is 5.47. The third-order valence-electron chi connectivity index (χ3n) is 2.57. The Labute approximate surface area is 116 Å². The zero-order valence-electron chi connectivity index (χ0n) is 10.1. The SMILES string of the molecule is CC1=CC(SC(=S)N(C)c2ccccc2)OC1=O. The highest BCUT2D eigenvalue weighted by Gasteiger charge is 2.25. The summed E-state index contributed by atoms with van der Waals surface area (Å²) in [6.45, 7) is 1.74. The molecule has 1 unspecified atom stereocenters. The summed E-state index contributed by atoms with van der Waals surface area (Å²) in [6, 6.07) is 9.83. The van der Waals surface area contributed by atoms with Gasteiger partial charge in [0.25, 0.3) is 0 Å². The first-order valence-corrected chi connectivity index (χ1v) is 6.75. The van der Waals surface area contributed by atoms with Gasteiger partial charge in [0.1, 0.15) is 4.32 Å². The van der Waals surface area contributed by atoms with E-state index in [1.165, 1.54) is 11.8 Å². The maximum Gasteiger partial charge on any atom is 0.335 e. The molecule has 5 heteroatoms. The number of hydrogen-bond acceptors (Lipinski definition) is 4. The van der Waals surface area contributed by atoms with Crippen LogP contribution >= 0.6 is 24.0 Å². The van der Waals surface area contributed by atoms with Gasteiger partial charge in [-0.2, -0.15) is 0 Å². The number of benzene rings is 1. The molecule has 0 aromatic heterocycles. The summed E-state index contributed by atoms with van der Waals surface area (Å²) in [5, 5.41) is 0. The smallest absolute Gasteiger partial charge is 0.335 e. The molecule has 0 saturated carbocycles. The maximum atomic E-state index is 11.2. The number of carbonyl (C=O) groups is 1. The molecule has 1 aromatic carbocycles. The fraction of sp³-hybridized carbons (Fsp3) is 0.231. The van der Waals surface area contributed by atoms with Crippen LogP contribution < -0.4 is 4.90 Å². The lowest BCUT2D eigenvalue weighted by Gasteiger charge is -2.20. The van der Waals surface area contributed by atoms with Crippen molar-refractivity contribution in [2.75, 3.05) is 11.9 Å². The Morgan fingerprint density at radius 1 is 1.39 bits per heavy atom. The van der Waals surface area contributed by atoms with Crippen molar-refractivity contribution in [3.63, 3.8) is 0 Å². The zero-order chi connectivity index (χ0) is 13.1. The number of anilines is 1. The third-order valence-corrected chi connectivity index (χ3v) is 4.07. The minimum absolute atomic E-state index is 0.266. The van der Waals surface area contributed by atoms with Gasteiger partial charge in [-0.05, 0) is 36.9 Å². The van der Waals surface area contributed by atoms with Gasteiger partial charge in [0.15, 0.2) is 5.44 Å². The molecule has 1 atom stereocenters. The lowest BCUT2D eigenvalue weighted by Crippen LogP contribution is -2.23. The van der Waals surface area contributed by atoms with Gasteiger partial charge in [0.2, 0.25) is 0 Å². The number of thioether (sulfide) groups is 1. The Morgan fingerprint density at radius 2 is 2.06 bits per heavy atom. The molecule has 0 spiro atoms. The van der Waals surface area contributed by atoms with Gasteiger partial charge in [0, 0.05) is 18.3 Å². The lowest BCUT2D eigenvalue weighted by molar-refractivity contribution is -0.136. The number of hydrogen-bond donors (Lipinski definition) is 0. The Balaban J connectivity index is 1.99. The Kier molecular flexibility index (Phi) is 4.04. The van der Waals surface area contributed by atoms with E-state index in [-0.39, 0.29) is 11.4 Å². The van der Waals surface area contributed by atoms with E-state index >= 15 is 0 Å². The van der Waals surface area contributed by atoms with Crippen LogP contribution in [0.1, 0.15) is 6.92 Å². The second-order valence-electron chi connectivity index (χ2n) is 3.90. The predicted octanol–water partition coefficient (Wildman–Crippen LogP) is 2.97. The van der Waals surface area contributed by atoms with Crippen LogP contribution in [0.5, 0.6) is 0 Å². The van der Waals surface area contributed by atoms with E-state index in [4.69, 9.17) is 17.0 Å². The lowest BCUT2D eigenvalue weighted by atomic mass is 10.3. The second kappa shape index (κ2) is 5.54. The third kappa shape index (κ3) is 2.91. The molecular formula is C13H13NO2S2. The number of nitrogens with zero attached hydrogens (tertiary/aromatic N) is 1. The van der Waals surface area contributed by atoms with Gasteiger partial charge in [-0.3, -0.25) is 0 Å². The normalized spacial score (nSPS) is 18.2. The van der Waals surface area contributed by atoms with E-state index < -0.39 is 0 Å². The molecule has 0 radical (unpaired) electrons. The highest BCUT2D eigenvalue weighted by atomic mass is 32.2. The molecule has 1 heterocycles. The minimum Gasteiger partial charge on any atom is -0.443 e. The number of cyclic esters (lactones) is 1. The predicted molar refractivity (Wildman–Crippen MR) is 78.7 cm³/mol. The van der Waals surface area contributed by atoms with Gasteiger partial charge in [-0.25, -0.2) is 4.79 Å². The molecule has 2 rings (SSSR count). The quantitative estimate of drug-likeness (QED) is 0.613. The topological polar surface area (TPSA) is 29.5 Å². The highest BCUT2D eigenvalue weighted by Crippen LogP contribution is 2.27. The van der Waals surface area contributed by atoms with Crippen LogP contribution in [0.15, 0.2) is 42.0 Å². The average Bonchev–Trinajstić information content (AvgIpc) is 2.68. The molecule has 18 heavy (non-hydrogen) atoms. The Bertz CT molecular complexity index is 499. The van der Waals surface area contributed by atoms with E-state index in [1.54, 1.807) is 13.0 Å². The first kappa shape index (κ1) is 13.1. The average molecular weight is 279 g/mol. The molecule has 3 nitrogen and oxygen atoms in total. The van der Waals surface area contributed by atoms with E-state index in [0.717, 1.165) is 5.69 Å². The molecule has 0 fully saturated rings. The van der Waals surface area contributed by atoms with Gasteiger partial charge in [-0.1, -0.05) is 30.4 Å². The van der Waals surface area contributed by atoms with E-state index in [1.807, 2.05) is 42.3 Å². The maximum absolute atomic E-state index is 11.2. The van der Waals surface area contributed by atoms with E-state index in [0.29, 0.717) is 9.89 Å². The standard InChI is InChI=1S/C13H13NO2S2/c1-9-8-11(16-12(9)15)18-13(17)14(2)10-6-4-3-5-7-10/h3-8,11H,1-2H3. The van der Waals surface area contributed by atoms with Gasteiger partial charge in [-0.15, -0.1) is 0 Å². The molecule has 94 valence electrons. The van der Waals surface area contributed by atoms with Gasteiger partial charge < -0.3 is 9.64 Å². The molecule has 0 N–H and O–H groups in total. The zero-order valence-corrected chi connectivity index (χ0v) is 11.8.